The second-order valence-electron chi connectivity index (χ2n) is 10.7. The van der Waals surface area contributed by atoms with E-state index in [0.29, 0.717) is 12.2 Å². The van der Waals surface area contributed by atoms with Crippen molar-refractivity contribution in [3.8, 4) is 11.1 Å². The third kappa shape index (κ3) is 7.82. The van der Waals surface area contributed by atoms with E-state index in [-0.39, 0.29) is 0 Å². The van der Waals surface area contributed by atoms with E-state index in [2.05, 4.69) is 51.1 Å². The van der Waals surface area contributed by atoms with Crippen molar-refractivity contribution in [2.24, 2.45) is 5.92 Å². The first kappa shape index (κ1) is 26.7. The molecule has 1 aliphatic carbocycles. The summed E-state index contributed by atoms with van der Waals surface area (Å²) in [7, 11) is 0. The number of hydrogen-bond donors (Lipinski definition) is 0. The molecule has 2 aromatic rings. The lowest BCUT2D eigenvalue weighted by Crippen LogP contribution is -2.04. The molecule has 1 nitrogen and oxygen atoms in total. The van der Waals surface area contributed by atoms with Gasteiger partial charge in [-0.1, -0.05) is 122 Å². The lowest BCUT2D eigenvalue weighted by Gasteiger charge is -2.17. The van der Waals surface area contributed by atoms with Gasteiger partial charge in [-0.25, -0.2) is 0 Å². The van der Waals surface area contributed by atoms with Gasteiger partial charge in [0.1, 0.15) is 0 Å². The minimum Gasteiger partial charge on any atom is -0.294 e. The summed E-state index contributed by atoms with van der Waals surface area (Å²) in [6, 6.07) is 13.5. The van der Waals surface area contributed by atoms with Gasteiger partial charge < -0.3 is 0 Å². The van der Waals surface area contributed by atoms with Gasteiger partial charge in [0, 0.05) is 12.0 Å². The molecular weight excluding hydrogens is 412 g/mol. The lowest BCUT2D eigenvalue weighted by molar-refractivity contribution is 0.0979. The Morgan fingerprint density at radius 1 is 0.706 bits per heavy atom. The molecule has 2 aromatic carbocycles. The van der Waals surface area contributed by atoms with Crippen LogP contribution in [0.15, 0.2) is 36.4 Å². The standard InChI is InChI=1S/C33H48O/c1-4-7-10-12-14-26(15-13-11-8-5-2)17-18-27-19-21-31-29(23-27)25-30-24-28(20-22-32(30)31)33(34)16-9-6-3/h19-24,26H,4-18,25H2,1-3H3. The van der Waals surface area contributed by atoms with Gasteiger partial charge in [-0.3, -0.25) is 4.79 Å². The van der Waals surface area contributed by atoms with Crippen LogP contribution in [0.2, 0.25) is 0 Å². The number of ketones is 1. The third-order valence-corrected chi connectivity index (χ3v) is 7.80. The van der Waals surface area contributed by atoms with Crippen molar-refractivity contribution in [2.45, 2.75) is 124 Å². The summed E-state index contributed by atoms with van der Waals surface area (Å²) < 4.78 is 0. The summed E-state index contributed by atoms with van der Waals surface area (Å²) in [4.78, 5) is 12.5. The minimum atomic E-state index is 0.296. The molecule has 1 heteroatoms. The number of Topliss-reactive ketones (excluding diaryl/α,β-unsaturated/α-hetero) is 1. The quantitative estimate of drug-likeness (QED) is 0.145. The average molecular weight is 461 g/mol. The summed E-state index contributed by atoms with van der Waals surface area (Å²) in [6.45, 7) is 6.75. The van der Waals surface area contributed by atoms with Gasteiger partial charge in [0.05, 0.1) is 0 Å². The van der Waals surface area contributed by atoms with E-state index in [9.17, 15) is 4.79 Å². The van der Waals surface area contributed by atoms with Crippen molar-refractivity contribution in [1.29, 1.82) is 0 Å². The molecule has 186 valence electrons. The SMILES string of the molecule is CCCCCCC(CCCCCC)CCc1ccc2c(c1)Cc1cc(C(=O)CCCC)ccc1-2. The first-order chi connectivity index (χ1) is 16.7. The van der Waals surface area contributed by atoms with Gasteiger partial charge in [0.15, 0.2) is 5.78 Å². The van der Waals surface area contributed by atoms with Crippen molar-refractivity contribution in [3.63, 3.8) is 0 Å². The molecule has 0 atom stereocenters. The van der Waals surface area contributed by atoms with Crippen LogP contribution in [-0.4, -0.2) is 5.78 Å². The molecule has 1 aliphatic rings. The number of aryl methyl sites for hydroxylation is 1. The maximum atomic E-state index is 12.5. The van der Waals surface area contributed by atoms with Crippen LogP contribution in [0.1, 0.15) is 138 Å². The fraction of sp³-hybridized carbons (Fsp3) is 0.606. The van der Waals surface area contributed by atoms with Crippen molar-refractivity contribution in [1.82, 2.24) is 0 Å². The van der Waals surface area contributed by atoms with Crippen LogP contribution in [0.25, 0.3) is 11.1 Å². The Kier molecular flexibility index (Phi) is 11.4. The molecule has 0 fully saturated rings. The Labute approximate surface area is 209 Å². The Morgan fingerprint density at radius 3 is 1.97 bits per heavy atom. The number of carbonyl (C=O) groups is 1. The summed E-state index contributed by atoms with van der Waals surface area (Å²) in [5, 5.41) is 0. The minimum absolute atomic E-state index is 0.296. The highest BCUT2D eigenvalue weighted by Gasteiger charge is 2.20. The molecule has 0 aliphatic heterocycles. The highest BCUT2D eigenvalue weighted by atomic mass is 16.1. The number of unbranched alkanes of at least 4 members (excludes halogenated alkanes) is 7. The van der Waals surface area contributed by atoms with Crippen LogP contribution < -0.4 is 0 Å². The second kappa shape index (κ2) is 14.5. The smallest absolute Gasteiger partial charge is 0.162 e. The monoisotopic (exact) mass is 460 g/mol. The predicted molar refractivity (Wildman–Crippen MR) is 148 cm³/mol. The van der Waals surface area contributed by atoms with E-state index in [1.807, 2.05) is 6.07 Å². The van der Waals surface area contributed by atoms with Gasteiger partial charge in [0.25, 0.3) is 0 Å². The molecule has 0 N–H and O–H groups in total. The zero-order chi connectivity index (χ0) is 24.2. The molecular formula is C33H48O. The summed E-state index contributed by atoms with van der Waals surface area (Å²) in [5.74, 6) is 1.18. The van der Waals surface area contributed by atoms with Crippen molar-refractivity contribution >= 4 is 5.78 Å². The highest BCUT2D eigenvalue weighted by molar-refractivity contribution is 5.97. The molecule has 0 radical (unpaired) electrons. The fourth-order valence-electron chi connectivity index (χ4n) is 5.60. The number of rotatable bonds is 17. The molecule has 0 spiro atoms. The van der Waals surface area contributed by atoms with Crippen LogP contribution >= 0.6 is 0 Å². The van der Waals surface area contributed by atoms with Crippen LogP contribution in [0, 0.1) is 5.92 Å². The van der Waals surface area contributed by atoms with Crippen molar-refractivity contribution in [2.75, 3.05) is 0 Å². The first-order valence-electron chi connectivity index (χ1n) is 14.4. The molecule has 0 heterocycles. The molecule has 0 saturated carbocycles. The Balaban J connectivity index is 1.59. The number of fused-ring (bicyclic) bond motifs is 3. The molecule has 3 rings (SSSR count). The topological polar surface area (TPSA) is 17.1 Å². The van der Waals surface area contributed by atoms with Crippen LogP contribution in [-0.2, 0) is 12.8 Å². The van der Waals surface area contributed by atoms with E-state index in [1.54, 1.807) is 0 Å². The molecule has 0 aromatic heterocycles. The molecule has 0 bridgehead atoms. The Hall–Kier alpha value is -1.89. The van der Waals surface area contributed by atoms with E-state index >= 15 is 0 Å². The predicted octanol–water partition coefficient (Wildman–Crippen LogP) is 10.1. The fourth-order valence-corrected chi connectivity index (χ4v) is 5.60. The lowest BCUT2D eigenvalue weighted by atomic mass is 9.88. The van der Waals surface area contributed by atoms with Gasteiger partial charge in [-0.05, 0) is 65.5 Å². The molecule has 0 amide bonds. The highest BCUT2D eigenvalue weighted by Crippen LogP contribution is 2.38. The van der Waals surface area contributed by atoms with Gasteiger partial charge >= 0.3 is 0 Å². The first-order valence-corrected chi connectivity index (χ1v) is 14.4. The van der Waals surface area contributed by atoms with Gasteiger partial charge in [-0.2, -0.15) is 0 Å². The van der Waals surface area contributed by atoms with E-state index in [4.69, 9.17) is 0 Å². The van der Waals surface area contributed by atoms with Crippen LogP contribution in [0.4, 0.5) is 0 Å². The maximum Gasteiger partial charge on any atom is 0.162 e. The van der Waals surface area contributed by atoms with Crippen LogP contribution in [0.3, 0.4) is 0 Å². The summed E-state index contributed by atoms with van der Waals surface area (Å²) in [6.07, 6.45) is 20.1. The number of benzene rings is 2. The maximum absolute atomic E-state index is 12.5. The average Bonchev–Trinajstić information content (AvgIpc) is 3.22. The van der Waals surface area contributed by atoms with E-state index < -0.39 is 0 Å². The largest absolute Gasteiger partial charge is 0.294 e. The van der Waals surface area contributed by atoms with Gasteiger partial charge in [-0.15, -0.1) is 0 Å². The summed E-state index contributed by atoms with van der Waals surface area (Å²) >= 11 is 0. The van der Waals surface area contributed by atoms with E-state index in [1.165, 1.54) is 105 Å². The summed E-state index contributed by atoms with van der Waals surface area (Å²) in [5.41, 5.74) is 7.89. The molecule has 34 heavy (non-hydrogen) atoms. The van der Waals surface area contributed by atoms with Crippen molar-refractivity contribution in [3.05, 3.63) is 58.7 Å². The zero-order valence-corrected chi connectivity index (χ0v) is 22.3. The molecule has 0 unspecified atom stereocenters. The number of hydrogen-bond acceptors (Lipinski definition) is 1. The Morgan fingerprint density at radius 2 is 1.32 bits per heavy atom. The van der Waals surface area contributed by atoms with Crippen LogP contribution in [0.5, 0.6) is 0 Å². The number of carbonyl (C=O) groups excluding carboxylic acids is 1. The van der Waals surface area contributed by atoms with Gasteiger partial charge in [0.2, 0.25) is 0 Å². The third-order valence-electron chi connectivity index (χ3n) is 7.80. The van der Waals surface area contributed by atoms with E-state index in [0.717, 1.165) is 30.7 Å². The second-order valence-corrected chi connectivity index (χ2v) is 10.7. The Bertz CT molecular complexity index is 881. The molecule has 0 saturated heterocycles. The zero-order valence-electron chi connectivity index (χ0n) is 22.3. The van der Waals surface area contributed by atoms with Crippen molar-refractivity contribution < 1.29 is 4.79 Å². The normalized spacial score (nSPS) is 12.2.